The Morgan fingerprint density at radius 1 is 1.03 bits per heavy atom. The Morgan fingerprint density at radius 3 is 2.24 bits per heavy atom. The summed E-state index contributed by atoms with van der Waals surface area (Å²) >= 11 is 0. The van der Waals surface area contributed by atoms with Crippen LogP contribution < -0.4 is 10.1 Å². The fraction of sp³-hybridized carbons (Fsp3) is 0.333. The maximum absolute atomic E-state index is 12.9. The van der Waals surface area contributed by atoms with Crippen LogP contribution in [0.5, 0.6) is 5.75 Å². The Hall–Kier alpha value is -3.36. The summed E-state index contributed by atoms with van der Waals surface area (Å²) < 4.78 is 54.9. The van der Waals surface area contributed by atoms with E-state index in [0.29, 0.717) is 30.3 Å². The normalized spacial score (nSPS) is 15.3. The number of alkyl halides is 3. The molecule has 2 aromatic rings. The van der Waals surface area contributed by atoms with Crippen LogP contribution in [-0.4, -0.2) is 49.1 Å². The molecule has 33 heavy (non-hydrogen) atoms. The predicted octanol–water partition coefficient (Wildman–Crippen LogP) is 4.62. The fourth-order valence-corrected chi connectivity index (χ4v) is 3.61. The third kappa shape index (κ3) is 6.81. The number of nitrogens with one attached hydrogen (secondary N) is 1. The van der Waals surface area contributed by atoms with Gasteiger partial charge in [0.1, 0.15) is 12.4 Å². The van der Waals surface area contributed by atoms with E-state index in [2.05, 4.69) is 12.1 Å². The SMILES string of the molecule is O=C(c1ccc(OC/C(=C/F)CNC(=O)C(F)(F)F)cc1)N1CCC(c2ccccc2)CC1. The molecule has 5 nitrogen and oxygen atoms in total. The number of likely N-dealkylation sites (tertiary alicyclic amines) is 1. The maximum Gasteiger partial charge on any atom is 0.471 e. The van der Waals surface area contributed by atoms with E-state index in [4.69, 9.17) is 4.74 Å². The molecule has 3 rings (SSSR count). The molecular formula is C24H24F4N2O3. The van der Waals surface area contributed by atoms with E-state index < -0.39 is 18.6 Å². The summed E-state index contributed by atoms with van der Waals surface area (Å²) in [6.45, 7) is 0.329. The molecule has 1 fully saturated rings. The molecule has 1 N–H and O–H groups in total. The van der Waals surface area contributed by atoms with Crippen molar-refractivity contribution in [2.24, 2.45) is 0 Å². The summed E-state index contributed by atoms with van der Waals surface area (Å²) in [5.41, 5.74) is 1.60. The number of piperidine rings is 1. The maximum atomic E-state index is 12.9. The summed E-state index contributed by atoms with van der Waals surface area (Å²) in [5.74, 6) is -1.50. The van der Waals surface area contributed by atoms with Gasteiger partial charge in [0, 0.05) is 30.8 Å². The zero-order valence-electron chi connectivity index (χ0n) is 17.8. The number of carbonyl (C=O) groups is 2. The van der Waals surface area contributed by atoms with Gasteiger partial charge in [0.2, 0.25) is 0 Å². The molecular weight excluding hydrogens is 440 g/mol. The second-order valence-corrected chi connectivity index (χ2v) is 7.74. The Balaban J connectivity index is 1.47. The highest BCUT2D eigenvalue weighted by molar-refractivity contribution is 5.94. The quantitative estimate of drug-likeness (QED) is 0.609. The van der Waals surface area contributed by atoms with Crippen LogP contribution in [0.15, 0.2) is 66.5 Å². The molecule has 0 saturated carbocycles. The highest BCUT2D eigenvalue weighted by Crippen LogP contribution is 2.28. The van der Waals surface area contributed by atoms with Crippen molar-refractivity contribution >= 4 is 11.8 Å². The van der Waals surface area contributed by atoms with E-state index in [1.54, 1.807) is 17.4 Å². The highest BCUT2D eigenvalue weighted by atomic mass is 19.4. The lowest BCUT2D eigenvalue weighted by Gasteiger charge is -2.32. The van der Waals surface area contributed by atoms with Crippen molar-refractivity contribution in [3.8, 4) is 5.75 Å². The number of amides is 2. The third-order valence-electron chi connectivity index (χ3n) is 5.47. The largest absolute Gasteiger partial charge is 0.489 e. The molecule has 1 aliphatic heterocycles. The standard InChI is InChI=1S/C24H24F4N2O3/c25-14-17(15-29-23(32)24(26,27)28)16-33-21-8-6-20(7-9-21)22(31)30-12-10-19(11-13-30)18-4-2-1-3-5-18/h1-9,14,19H,10-13,15-16H2,(H,29,32)/b17-14+. The van der Waals surface area contributed by atoms with E-state index >= 15 is 0 Å². The summed E-state index contributed by atoms with van der Waals surface area (Å²) in [6.07, 6.45) is -3.17. The van der Waals surface area contributed by atoms with Gasteiger partial charge in [-0.1, -0.05) is 30.3 Å². The molecule has 1 heterocycles. The van der Waals surface area contributed by atoms with E-state index in [1.165, 1.54) is 17.7 Å². The predicted molar refractivity (Wildman–Crippen MR) is 115 cm³/mol. The Morgan fingerprint density at radius 2 is 1.67 bits per heavy atom. The van der Waals surface area contributed by atoms with E-state index in [-0.39, 0.29) is 24.4 Å². The fourth-order valence-electron chi connectivity index (χ4n) is 3.61. The van der Waals surface area contributed by atoms with Gasteiger partial charge in [0.25, 0.3) is 5.91 Å². The van der Waals surface area contributed by atoms with Crippen molar-refractivity contribution in [2.75, 3.05) is 26.2 Å². The summed E-state index contributed by atoms with van der Waals surface area (Å²) in [4.78, 5) is 25.4. The second-order valence-electron chi connectivity index (χ2n) is 7.74. The molecule has 2 aromatic carbocycles. The van der Waals surface area contributed by atoms with Crippen molar-refractivity contribution in [2.45, 2.75) is 24.9 Å². The first-order valence-corrected chi connectivity index (χ1v) is 10.5. The molecule has 0 atom stereocenters. The highest BCUT2D eigenvalue weighted by Gasteiger charge is 2.38. The van der Waals surface area contributed by atoms with Gasteiger partial charge in [-0.2, -0.15) is 13.2 Å². The van der Waals surface area contributed by atoms with Crippen molar-refractivity contribution in [1.82, 2.24) is 10.2 Å². The van der Waals surface area contributed by atoms with E-state index in [1.807, 2.05) is 23.1 Å². The zero-order valence-corrected chi connectivity index (χ0v) is 17.8. The van der Waals surface area contributed by atoms with Crippen molar-refractivity contribution in [3.05, 3.63) is 77.6 Å². The van der Waals surface area contributed by atoms with E-state index in [0.717, 1.165) is 12.8 Å². The monoisotopic (exact) mass is 464 g/mol. The van der Waals surface area contributed by atoms with Crippen molar-refractivity contribution < 1.29 is 31.9 Å². The van der Waals surface area contributed by atoms with Crippen molar-refractivity contribution in [1.29, 1.82) is 0 Å². The van der Waals surface area contributed by atoms with Crippen LogP contribution in [0.4, 0.5) is 17.6 Å². The number of rotatable bonds is 7. The summed E-state index contributed by atoms with van der Waals surface area (Å²) in [7, 11) is 0. The van der Waals surface area contributed by atoms with Gasteiger partial charge in [-0.15, -0.1) is 0 Å². The smallest absolute Gasteiger partial charge is 0.471 e. The van der Waals surface area contributed by atoms with Crippen LogP contribution in [-0.2, 0) is 4.79 Å². The first-order chi connectivity index (χ1) is 15.8. The molecule has 0 aromatic heterocycles. The molecule has 176 valence electrons. The summed E-state index contributed by atoms with van der Waals surface area (Å²) in [5, 5.41) is 1.58. The first kappa shape index (κ1) is 24.3. The number of hydrogen-bond acceptors (Lipinski definition) is 3. The molecule has 0 spiro atoms. The van der Waals surface area contributed by atoms with Gasteiger partial charge < -0.3 is 15.0 Å². The van der Waals surface area contributed by atoms with Gasteiger partial charge >= 0.3 is 12.1 Å². The number of ether oxygens (including phenoxy) is 1. The van der Waals surface area contributed by atoms with Crippen LogP contribution in [0.1, 0.15) is 34.7 Å². The molecule has 0 aliphatic carbocycles. The summed E-state index contributed by atoms with van der Waals surface area (Å²) in [6, 6.07) is 16.5. The number of nitrogens with zero attached hydrogens (tertiary/aromatic N) is 1. The molecule has 9 heteroatoms. The molecule has 1 aliphatic rings. The molecule has 1 saturated heterocycles. The number of benzene rings is 2. The Bertz CT molecular complexity index is 967. The topological polar surface area (TPSA) is 58.6 Å². The molecule has 2 amide bonds. The number of carbonyl (C=O) groups excluding carboxylic acids is 2. The van der Waals surface area contributed by atoms with Crippen LogP contribution in [0.25, 0.3) is 0 Å². The number of halogens is 4. The van der Waals surface area contributed by atoms with Gasteiger partial charge in [-0.3, -0.25) is 9.59 Å². The van der Waals surface area contributed by atoms with Gasteiger partial charge in [-0.05, 0) is 48.6 Å². The first-order valence-electron chi connectivity index (χ1n) is 10.5. The lowest BCUT2D eigenvalue weighted by Crippen LogP contribution is -2.38. The molecule has 0 unspecified atom stereocenters. The van der Waals surface area contributed by atoms with Gasteiger partial charge in [0.05, 0.1) is 6.33 Å². The second kappa shape index (κ2) is 11.0. The third-order valence-corrected chi connectivity index (χ3v) is 5.47. The minimum atomic E-state index is -5.04. The zero-order chi connectivity index (χ0) is 23.8. The number of hydrogen-bond donors (Lipinski definition) is 1. The lowest BCUT2D eigenvalue weighted by molar-refractivity contribution is -0.173. The molecule has 0 radical (unpaired) electrons. The molecule has 0 bridgehead atoms. The average molecular weight is 464 g/mol. The van der Waals surface area contributed by atoms with Crippen LogP contribution in [0, 0.1) is 0 Å². The Kier molecular flexibility index (Phi) is 8.08. The Labute approximate surface area is 189 Å². The van der Waals surface area contributed by atoms with E-state index in [9.17, 15) is 27.2 Å². The van der Waals surface area contributed by atoms with Gasteiger partial charge in [-0.25, -0.2) is 4.39 Å². The average Bonchev–Trinajstić information content (AvgIpc) is 2.84. The lowest BCUT2D eigenvalue weighted by atomic mass is 9.89. The van der Waals surface area contributed by atoms with Crippen molar-refractivity contribution in [3.63, 3.8) is 0 Å². The van der Waals surface area contributed by atoms with Crippen LogP contribution in [0.3, 0.4) is 0 Å². The van der Waals surface area contributed by atoms with Crippen LogP contribution in [0.2, 0.25) is 0 Å². The minimum Gasteiger partial charge on any atom is -0.489 e. The minimum absolute atomic E-state index is 0.0905. The van der Waals surface area contributed by atoms with Gasteiger partial charge in [0.15, 0.2) is 0 Å². The van der Waals surface area contributed by atoms with Crippen LogP contribution >= 0.6 is 0 Å².